The number of hydrogen-bond donors (Lipinski definition) is 2. The summed E-state index contributed by atoms with van der Waals surface area (Å²) in [7, 11) is 0. The molecule has 2 heterocycles. The van der Waals surface area contributed by atoms with Crippen LogP contribution in [0, 0.1) is 5.41 Å². The van der Waals surface area contributed by atoms with Crippen molar-refractivity contribution in [2.75, 3.05) is 26.2 Å². The minimum absolute atomic E-state index is 0. The minimum Gasteiger partial charge on any atom is -0.392 e. The predicted octanol–water partition coefficient (Wildman–Crippen LogP) is 2.63. The molecule has 2 fully saturated rings. The quantitative estimate of drug-likeness (QED) is 0.813. The van der Waals surface area contributed by atoms with Crippen molar-refractivity contribution in [2.45, 2.75) is 38.0 Å². The van der Waals surface area contributed by atoms with E-state index in [1.165, 1.54) is 6.07 Å². The Morgan fingerprint density at radius 1 is 1.38 bits per heavy atom. The summed E-state index contributed by atoms with van der Waals surface area (Å²) in [6.07, 6.45) is -2.59. The highest BCUT2D eigenvalue weighted by atomic mass is 35.5. The van der Waals surface area contributed by atoms with E-state index in [0.717, 1.165) is 31.5 Å². The molecule has 1 amide bonds. The molecule has 26 heavy (non-hydrogen) atoms. The maximum Gasteiger partial charge on any atom is 0.416 e. The Balaban J connectivity index is 0.00000243. The molecule has 3 rings (SSSR count). The third-order valence-corrected chi connectivity index (χ3v) is 5.35. The maximum atomic E-state index is 12.8. The van der Waals surface area contributed by atoms with Crippen molar-refractivity contribution in [3.05, 3.63) is 35.4 Å². The molecule has 2 N–H and O–H groups in total. The van der Waals surface area contributed by atoms with Gasteiger partial charge in [-0.1, -0.05) is 18.2 Å². The highest BCUT2D eigenvalue weighted by Crippen LogP contribution is 2.36. The first-order valence-electron chi connectivity index (χ1n) is 8.63. The lowest BCUT2D eigenvalue weighted by molar-refractivity contribution is -0.139. The number of carbonyl (C=O) groups is 1. The number of nitrogens with one attached hydrogen (secondary N) is 1. The zero-order valence-electron chi connectivity index (χ0n) is 14.4. The van der Waals surface area contributed by atoms with Crippen molar-refractivity contribution >= 4 is 18.3 Å². The largest absolute Gasteiger partial charge is 0.416 e. The molecule has 1 aromatic rings. The number of amides is 1. The van der Waals surface area contributed by atoms with E-state index in [1.807, 2.05) is 0 Å². The maximum absolute atomic E-state index is 12.8. The molecule has 1 spiro atoms. The van der Waals surface area contributed by atoms with E-state index < -0.39 is 17.8 Å². The van der Waals surface area contributed by atoms with Crippen molar-refractivity contribution in [3.63, 3.8) is 0 Å². The van der Waals surface area contributed by atoms with Crippen molar-refractivity contribution < 1.29 is 23.1 Å². The molecule has 0 unspecified atom stereocenters. The molecule has 0 saturated carbocycles. The van der Waals surface area contributed by atoms with Gasteiger partial charge in [-0.05, 0) is 37.4 Å². The molecule has 0 aromatic heterocycles. The first kappa shape index (κ1) is 21.0. The van der Waals surface area contributed by atoms with Crippen LogP contribution in [0.5, 0.6) is 0 Å². The number of piperidine rings is 2. The van der Waals surface area contributed by atoms with E-state index in [-0.39, 0.29) is 30.2 Å². The van der Waals surface area contributed by atoms with E-state index >= 15 is 0 Å². The lowest BCUT2D eigenvalue weighted by atomic mass is 9.72. The van der Waals surface area contributed by atoms with Crippen LogP contribution in [-0.4, -0.2) is 48.2 Å². The molecule has 2 saturated heterocycles. The summed E-state index contributed by atoms with van der Waals surface area (Å²) in [5.41, 5.74) is -0.707. The topological polar surface area (TPSA) is 52.6 Å². The van der Waals surface area contributed by atoms with Crippen LogP contribution in [0.4, 0.5) is 13.2 Å². The molecular formula is C18H24ClF3N2O2. The average Bonchev–Trinajstić information content (AvgIpc) is 2.57. The van der Waals surface area contributed by atoms with Gasteiger partial charge in [0.25, 0.3) is 0 Å². The molecule has 0 bridgehead atoms. The Bertz CT molecular complexity index is 637. The molecule has 4 nitrogen and oxygen atoms in total. The van der Waals surface area contributed by atoms with Gasteiger partial charge in [0.05, 0.1) is 18.1 Å². The predicted molar refractivity (Wildman–Crippen MR) is 94.1 cm³/mol. The molecule has 0 radical (unpaired) electrons. The summed E-state index contributed by atoms with van der Waals surface area (Å²) in [6.45, 7) is 2.48. The third kappa shape index (κ3) is 4.50. The number of benzene rings is 1. The van der Waals surface area contributed by atoms with Crippen molar-refractivity contribution in [3.8, 4) is 0 Å². The van der Waals surface area contributed by atoms with E-state index in [4.69, 9.17) is 0 Å². The van der Waals surface area contributed by atoms with Gasteiger partial charge in [-0.2, -0.15) is 13.2 Å². The normalized spacial score (nSPS) is 26.5. The molecule has 0 aliphatic carbocycles. The van der Waals surface area contributed by atoms with Gasteiger partial charge in [-0.25, -0.2) is 0 Å². The number of rotatable bonds is 2. The zero-order chi connectivity index (χ0) is 18.1. The second-order valence-corrected chi connectivity index (χ2v) is 7.14. The van der Waals surface area contributed by atoms with Crippen LogP contribution in [-0.2, 0) is 17.4 Å². The molecule has 1 aromatic carbocycles. The SMILES string of the molecule is Cl.O=C(Cc1cccc(C(F)(F)F)c1)N1CCC[C@]2(CNCC[C@@H]2O)C1. The summed E-state index contributed by atoms with van der Waals surface area (Å²) in [6, 6.07) is 4.92. The van der Waals surface area contributed by atoms with Gasteiger partial charge in [0, 0.05) is 25.0 Å². The molecule has 146 valence electrons. The number of carbonyl (C=O) groups excluding carboxylic acids is 1. The number of aliphatic hydroxyl groups excluding tert-OH is 1. The van der Waals surface area contributed by atoms with Crippen LogP contribution in [0.1, 0.15) is 30.4 Å². The van der Waals surface area contributed by atoms with Gasteiger partial charge in [-0.15, -0.1) is 12.4 Å². The second-order valence-electron chi connectivity index (χ2n) is 7.14. The van der Waals surface area contributed by atoms with Gasteiger partial charge in [0.2, 0.25) is 5.91 Å². The van der Waals surface area contributed by atoms with Crippen LogP contribution in [0.15, 0.2) is 24.3 Å². The summed E-state index contributed by atoms with van der Waals surface area (Å²) >= 11 is 0. The van der Waals surface area contributed by atoms with Crippen molar-refractivity contribution in [1.82, 2.24) is 10.2 Å². The number of halogens is 4. The van der Waals surface area contributed by atoms with Crippen LogP contribution < -0.4 is 5.32 Å². The number of aliphatic hydroxyl groups is 1. The highest BCUT2D eigenvalue weighted by molar-refractivity contribution is 5.85. The fraction of sp³-hybridized carbons (Fsp3) is 0.611. The Kier molecular flexibility index (Phi) is 6.58. The molecular weight excluding hydrogens is 369 g/mol. The van der Waals surface area contributed by atoms with Crippen LogP contribution in [0.25, 0.3) is 0 Å². The van der Waals surface area contributed by atoms with Crippen molar-refractivity contribution in [2.24, 2.45) is 5.41 Å². The van der Waals surface area contributed by atoms with Gasteiger partial charge < -0.3 is 15.3 Å². The van der Waals surface area contributed by atoms with Crippen LogP contribution in [0.2, 0.25) is 0 Å². The number of alkyl halides is 3. The van der Waals surface area contributed by atoms with E-state index in [0.29, 0.717) is 31.6 Å². The smallest absolute Gasteiger partial charge is 0.392 e. The average molecular weight is 393 g/mol. The summed E-state index contributed by atoms with van der Waals surface area (Å²) in [5.74, 6) is -0.184. The van der Waals surface area contributed by atoms with E-state index in [2.05, 4.69) is 5.32 Å². The Morgan fingerprint density at radius 2 is 2.15 bits per heavy atom. The number of likely N-dealkylation sites (tertiary alicyclic amines) is 1. The first-order valence-corrected chi connectivity index (χ1v) is 8.63. The molecule has 2 atom stereocenters. The third-order valence-electron chi connectivity index (χ3n) is 5.35. The fourth-order valence-corrected chi connectivity index (χ4v) is 3.93. The standard InChI is InChI=1S/C18H23F3N2O2.ClH/c19-18(20,21)14-4-1-3-13(9-14)10-16(25)23-8-2-6-17(12-23)11-22-7-5-15(17)24;/h1,3-4,9,15,22,24H,2,5-8,10-12H2;1H/t15-,17-;/m0./s1. The fourth-order valence-electron chi connectivity index (χ4n) is 3.93. The minimum atomic E-state index is -4.41. The van der Waals surface area contributed by atoms with Gasteiger partial charge in [0.1, 0.15) is 0 Å². The van der Waals surface area contributed by atoms with Crippen molar-refractivity contribution in [1.29, 1.82) is 0 Å². The second kappa shape index (κ2) is 8.15. The monoisotopic (exact) mass is 392 g/mol. The molecule has 8 heteroatoms. The van der Waals surface area contributed by atoms with Crippen LogP contribution in [0.3, 0.4) is 0 Å². The summed E-state index contributed by atoms with van der Waals surface area (Å²) in [4.78, 5) is 14.3. The number of nitrogens with zero attached hydrogens (tertiary/aromatic N) is 1. The number of hydrogen-bond acceptors (Lipinski definition) is 3. The van der Waals surface area contributed by atoms with Gasteiger partial charge >= 0.3 is 6.18 Å². The zero-order valence-corrected chi connectivity index (χ0v) is 15.2. The lowest BCUT2D eigenvalue weighted by Gasteiger charge is -2.48. The summed E-state index contributed by atoms with van der Waals surface area (Å²) < 4.78 is 38.4. The van der Waals surface area contributed by atoms with Crippen LogP contribution >= 0.6 is 12.4 Å². The Hall–Kier alpha value is -1.31. The highest BCUT2D eigenvalue weighted by Gasteiger charge is 2.44. The molecule has 2 aliphatic rings. The van der Waals surface area contributed by atoms with Gasteiger partial charge in [-0.3, -0.25) is 4.79 Å². The lowest BCUT2D eigenvalue weighted by Crippen LogP contribution is -2.59. The first-order chi connectivity index (χ1) is 11.8. The van der Waals surface area contributed by atoms with Gasteiger partial charge in [0.15, 0.2) is 0 Å². The van der Waals surface area contributed by atoms with E-state index in [1.54, 1.807) is 11.0 Å². The van der Waals surface area contributed by atoms with E-state index in [9.17, 15) is 23.1 Å². The summed E-state index contributed by atoms with van der Waals surface area (Å²) in [5, 5.41) is 13.7. The Labute approximate surface area is 157 Å². The Morgan fingerprint density at radius 3 is 2.85 bits per heavy atom. The molecule has 2 aliphatic heterocycles.